The topological polar surface area (TPSA) is 103 Å². The fourth-order valence-electron chi connectivity index (χ4n) is 3.91. The first-order valence-corrected chi connectivity index (χ1v) is 11.4. The third-order valence-corrected chi connectivity index (χ3v) is 6.35. The number of allylic oxidation sites excluding steroid dienone is 1. The molecule has 4 aromatic rings. The van der Waals surface area contributed by atoms with Crippen molar-refractivity contribution < 1.29 is 14.3 Å². The smallest absolute Gasteiger partial charge is 0.257 e. The van der Waals surface area contributed by atoms with Crippen LogP contribution in [0, 0.1) is 0 Å². The molecule has 0 saturated carbocycles. The lowest BCUT2D eigenvalue weighted by atomic mass is 9.94. The Morgan fingerprint density at radius 3 is 2.74 bits per heavy atom. The number of anilines is 2. The second-order valence-electron chi connectivity index (χ2n) is 7.52. The zero-order valence-corrected chi connectivity index (χ0v) is 19.6. The van der Waals surface area contributed by atoms with Crippen LogP contribution in [-0.2, 0) is 4.79 Å². The summed E-state index contributed by atoms with van der Waals surface area (Å²) in [6.07, 6.45) is 1.63. The average Bonchev–Trinajstić information content (AvgIpc) is 3.53. The second-order valence-corrected chi connectivity index (χ2v) is 8.47. The number of nitrogens with one attached hydrogen (secondary N) is 2. The van der Waals surface area contributed by atoms with Gasteiger partial charge in [0.1, 0.15) is 23.4 Å². The molecule has 3 aromatic heterocycles. The van der Waals surface area contributed by atoms with Crippen molar-refractivity contribution >= 4 is 29.0 Å². The van der Waals surface area contributed by atoms with E-state index in [-0.39, 0.29) is 5.91 Å². The van der Waals surface area contributed by atoms with Crippen LogP contribution in [0.25, 0.3) is 10.7 Å². The van der Waals surface area contributed by atoms with Crippen molar-refractivity contribution in [1.29, 1.82) is 0 Å². The minimum absolute atomic E-state index is 0.301. The summed E-state index contributed by atoms with van der Waals surface area (Å²) in [6.45, 7) is 1.85. The summed E-state index contributed by atoms with van der Waals surface area (Å²) < 4.78 is 12.8. The van der Waals surface area contributed by atoms with Gasteiger partial charge in [0.2, 0.25) is 5.95 Å². The lowest BCUT2D eigenvalue weighted by Crippen LogP contribution is -2.32. The van der Waals surface area contributed by atoms with Crippen molar-refractivity contribution in [2.75, 3.05) is 24.9 Å². The Hall–Kier alpha value is -4.18. The third kappa shape index (κ3) is 3.88. The molecule has 1 aliphatic heterocycles. The summed E-state index contributed by atoms with van der Waals surface area (Å²) in [5.41, 5.74) is 1.89. The van der Waals surface area contributed by atoms with Gasteiger partial charge in [-0.05, 0) is 42.6 Å². The molecule has 0 spiro atoms. The second kappa shape index (κ2) is 8.99. The highest BCUT2D eigenvalue weighted by Crippen LogP contribution is 2.41. The summed E-state index contributed by atoms with van der Waals surface area (Å²) in [6, 6.07) is 14.2. The number of methoxy groups -OCH3 is 2. The molecule has 2 N–H and O–H groups in total. The Labute approximate surface area is 200 Å². The zero-order valence-electron chi connectivity index (χ0n) is 18.8. The number of benzene rings is 1. The van der Waals surface area contributed by atoms with Gasteiger partial charge in [0.15, 0.2) is 5.82 Å². The minimum atomic E-state index is -0.595. The number of aromatic nitrogens is 4. The number of amides is 1. The van der Waals surface area contributed by atoms with Crippen LogP contribution in [0.4, 0.5) is 11.8 Å². The van der Waals surface area contributed by atoms with E-state index >= 15 is 0 Å². The van der Waals surface area contributed by atoms with Crippen molar-refractivity contribution in [3.05, 3.63) is 76.9 Å². The van der Waals surface area contributed by atoms with E-state index in [1.165, 1.54) is 0 Å². The summed E-state index contributed by atoms with van der Waals surface area (Å²) in [4.78, 5) is 23.4. The predicted octanol–water partition coefficient (Wildman–Crippen LogP) is 4.35. The molecule has 0 radical (unpaired) electrons. The molecule has 172 valence electrons. The molecule has 34 heavy (non-hydrogen) atoms. The maximum absolute atomic E-state index is 13.6. The maximum atomic E-state index is 13.6. The van der Waals surface area contributed by atoms with Crippen LogP contribution in [0.1, 0.15) is 18.5 Å². The highest BCUT2D eigenvalue weighted by Gasteiger charge is 2.36. The highest BCUT2D eigenvalue weighted by atomic mass is 32.1. The highest BCUT2D eigenvalue weighted by molar-refractivity contribution is 7.13. The molecule has 10 heteroatoms. The van der Waals surface area contributed by atoms with Gasteiger partial charge in [0, 0.05) is 23.5 Å². The van der Waals surface area contributed by atoms with Gasteiger partial charge in [-0.25, -0.2) is 9.67 Å². The maximum Gasteiger partial charge on any atom is 0.257 e. The van der Waals surface area contributed by atoms with Crippen LogP contribution in [-0.4, -0.2) is 39.9 Å². The van der Waals surface area contributed by atoms with Crippen LogP contribution in [0.3, 0.4) is 0 Å². The predicted molar refractivity (Wildman–Crippen MR) is 130 cm³/mol. The van der Waals surface area contributed by atoms with Crippen LogP contribution >= 0.6 is 11.3 Å². The molecule has 0 bridgehead atoms. The van der Waals surface area contributed by atoms with E-state index in [2.05, 4.69) is 15.6 Å². The van der Waals surface area contributed by atoms with E-state index in [4.69, 9.17) is 19.6 Å². The molecule has 1 atom stereocenters. The summed E-state index contributed by atoms with van der Waals surface area (Å²) in [7, 11) is 3.18. The van der Waals surface area contributed by atoms with Gasteiger partial charge < -0.3 is 20.1 Å². The number of pyridine rings is 1. The number of hydrogen-bond acceptors (Lipinski definition) is 8. The van der Waals surface area contributed by atoms with E-state index in [1.807, 2.05) is 42.6 Å². The molecule has 9 nitrogen and oxygen atoms in total. The van der Waals surface area contributed by atoms with E-state index in [0.29, 0.717) is 40.4 Å². The SMILES string of the molecule is COc1ccc(C2C(C(=O)Nc3ccccn3)=C(C)Nc3nc(-c4cccs4)nn32)c(OC)c1. The van der Waals surface area contributed by atoms with Gasteiger partial charge in [0.25, 0.3) is 5.91 Å². The van der Waals surface area contributed by atoms with Crippen LogP contribution < -0.4 is 20.1 Å². The summed E-state index contributed by atoms with van der Waals surface area (Å²) >= 11 is 1.55. The molecule has 1 aliphatic rings. The number of ether oxygens (including phenoxy) is 2. The van der Waals surface area contributed by atoms with Gasteiger partial charge in [-0.15, -0.1) is 16.4 Å². The molecule has 0 saturated heterocycles. The molecule has 5 rings (SSSR count). The molecule has 1 aromatic carbocycles. The van der Waals surface area contributed by atoms with E-state index in [9.17, 15) is 4.79 Å². The fraction of sp³-hybridized carbons (Fsp3) is 0.167. The Morgan fingerprint density at radius 1 is 1.15 bits per heavy atom. The first-order chi connectivity index (χ1) is 16.6. The third-order valence-electron chi connectivity index (χ3n) is 5.48. The summed E-state index contributed by atoms with van der Waals surface area (Å²) in [5, 5.41) is 12.9. The number of nitrogens with zero attached hydrogens (tertiary/aromatic N) is 4. The van der Waals surface area contributed by atoms with Gasteiger partial charge in [-0.1, -0.05) is 12.1 Å². The van der Waals surface area contributed by atoms with Crippen molar-refractivity contribution in [3.63, 3.8) is 0 Å². The number of fused-ring (bicyclic) bond motifs is 1. The van der Waals surface area contributed by atoms with Crippen molar-refractivity contribution in [2.24, 2.45) is 0 Å². The normalized spacial score (nSPS) is 14.9. The molecule has 1 amide bonds. The minimum Gasteiger partial charge on any atom is -0.497 e. The first kappa shape index (κ1) is 21.7. The monoisotopic (exact) mass is 474 g/mol. The number of thiophene rings is 1. The van der Waals surface area contributed by atoms with Crippen LogP contribution in [0.15, 0.2) is 71.4 Å². The number of hydrogen-bond donors (Lipinski definition) is 2. The van der Waals surface area contributed by atoms with Crippen molar-refractivity contribution in [1.82, 2.24) is 19.7 Å². The zero-order chi connectivity index (χ0) is 23.7. The van der Waals surface area contributed by atoms with Crippen molar-refractivity contribution in [3.8, 4) is 22.2 Å². The van der Waals surface area contributed by atoms with E-state index < -0.39 is 6.04 Å². The molecule has 0 fully saturated rings. The number of carbonyl (C=O) groups excluding carboxylic acids is 1. The van der Waals surface area contributed by atoms with Gasteiger partial charge in [0.05, 0.1) is 24.7 Å². The standard InChI is InChI=1S/C24H22N6O3S/c1-14-20(23(31)27-19-8-4-5-11-25-19)21(16-10-9-15(32-2)13-17(16)33-3)30-24(26-14)28-22(29-30)18-7-6-12-34-18/h4-13,21H,1-3H3,(H,25,27,31)(H,26,28,29). The quantitative estimate of drug-likeness (QED) is 0.428. The van der Waals surface area contributed by atoms with Gasteiger partial charge >= 0.3 is 0 Å². The fourth-order valence-corrected chi connectivity index (χ4v) is 4.56. The molecule has 4 heterocycles. The molecule has 0 aliphatic carbocycles. The summed E-state index contributed by atoms with van der Waals surface area (Å²) in [5.74, 6) is 2.49. The Morgan fingerprint density at radius 2 is 2.03 bits per heavy atom. The van der Waals surface area contributed by atoms with E-state index in [0.717, 1.165) is 10.4 Å². The lowest BCUT2D eigenvalue weighted by Gasteiger charge is -2.29. The first-order valence-electron chi connectivity index (χ1n) is 10.5. The Balaban J connectivity index is 1.65. The molecule has 1 unspecified atom stereocenters. The lowest BCUT2D eigenvalue weighted by molar-refractivity contribution is -0.113. The van der Waals surface area contributed by atoms with Gasteiger partial charge in [-0.2, -0.15) is 4.98 Å². The average molecular weight is 475 g/mol. The van der Waals surface area contributed by atoms with Gasteiger partial charge in [-0.3, -0.25) is 4.79 Å². The van der Waals surface area contributed by atoms with Crippen LogP contribution in [0.5, 0.6) is 11.5 Å². The molecular weight excluding hydrogens is 452 g/mol. The Kier molecular flexibility index (Phi) is 5.72. The van der Waals surface area contributed by atoms with Crippen LogP contribution in [0.2, 0.25) is 0 Å². The Bertz CT molecular complexity index is 1360. The number of carbonyl (C=O) groups is 1. The molecular formula is C24H22N6O3S. The number of rotatable bonds is 6. The van der Waals surface area contributed by atoms with E-state index in [1.54, 1.807) is 54.6 Å². The largest absolute Gasteiger partial charge is 0.497 e. The van der Waals surface area contributed by atoms with Crippen molar-refractivity contribution in [2.45, 2.75) is 13.0 Å².